The number of phosphoric ester groups is 1. The minimum absolute atomic E-state index is 0.0323. The van der Waals surface area contributed by atoms with Crippen LogP contribution in [0.5, 0.6) is 0 Å². The number of carbonyl (C=O) groups excluding carboxylic acids is 1. The average molecular weight is 798 g/mol. The van der Waals surface area contributed by atoms with E-state index in [1.165, 1.54) is 70.1 Å². The topological polar surface area (TPSA) is 178 Å². The van der Waals surface area contributed by atoms with Gasteiger partial charge in [0.25, 0.3) is 0 Å². The predicted molar refractivity (Wildman–Crippen MR) is 223 cm³/mol. The second-order valence-corrected chi connectivity index (χ2v) is 15.2. The summed E-state index contributed by atoms with van der Waals surface area (Å²) in [5, 5.41) is 30.5. The van der Waals surface area contributed by atoms with E-state index in [0.29, 0.717) is 0 Å². The Kier molecular flexibility index (Phi) is 36.9. The van der Waals surface area contributed by atoms with E-state index in [1.54, 1.807) is 42.5 Å². The minimum Gasteiger partial charge on any atom is -0.498 e. The van der Waals surface area contributed by atoms with Crippen molar-refractivity contribution < 1.29 is 48.1 Å². The van der Waals surface area contributed by atoms with Crippen molar-refractivity contribution in [3.05, 3.63) is 73.1 Å². The number of allylic oxidation sites excluding steroid dienone is 9. The van der Waals surface area contributed by atoms with Crippen molar-refractivity contribution in [1.29, 1.82) is 0 Å². The zero-order chi connectivity index (χ0) is 40.7. The van der Waals surface area contributed by atoms with Gasteiger partial charge in [-0.2, -0.15) is 0 Å². The van der Waals surface area contributed by atoms with Crippen LogP contribution in [0.1, 0.15) is 142 Å². The highest BCUT2D eigenvalue weighted by Crippen LogP contribution is 2.43. The second-order valence-electron chi connectivity index (χ2n) is 13.8. The van der Waals surface area contributed by atoms with E-state index < -0.39 is 44.8 Å². The summed E-state index contributed by atoms with van der Waals surface area (Å²) in [5.74, 6) is -0.608. The van der Waals surface area contributed by atoms with Gasteiger partial charge in [-0.05, 0) is 63.9 Å². The number of hydrogen-bond acceptors (Lipinski definition) is 10. The summed E-state index contributed by atoms with van der Waals surface area (Å²) < 4.78 is 32.9. The van der Waals surface area contributed by atoms with E-state index in [0.717, 1.165) is 51.4 Å². The van der Waals surface area contributed by atoms with Gasteiger partial charge >= 0.3 is 13.8 Å². The smallest absolute Gasteiger partial charge is 0.472 e. The molecule has 0 bridgehead atoms. The van der Waals surface area contributed by atoms with Crippen LogP contribution in [0.4, 0.5) is 0 Å². The van der Waals surface area contributed by atoms with Gasteiger partial charge in [0, 0.05) is 13.0 Å². The summed E-state index contributed by atoms with van der Waals surface area (Å²) in [6, 6.07) is 0. The van der Waals surface area contributed by atoms with Crippen molar-refractivity contribution >= 4 is 13.8 Å². The van der Waals surface area contributed by atoms with Gasteiger partial charge in [0.05, 0.1) is 37.8 Å². The molecule has 0 radical (unpaired) electrons. The number of esters is 1. The molecule has 0 aromatic rings. The highest BCUT2D eigenvalue weighted by molar-refractivity contribution is 7.47. The van der Waals surface area contributed by atoms with Crippen LogP contribution in [-0.2, 0) is 27.9 Å². The molecule has 0 heterocycles. The molecule has 0 spiro atoms. The fourth-order valence-electron chi connectivity index (χ4n) is 5.28. The largest absolute Gasteiger partial charge is 0.498 e. The predicted octanol–water partition coefficient (Wildman–Crippen LogP) is 9.23. The van der Waals surface area contributed by atoms with E-state index in [2.05, 4.69) is 26.0 Å². The Morgan fingerprint density at radius 2 is 1.24 bits per heavy atom. The van der Waals surface area contributed by atoms with Crippen molar-refractivity contribution in [3.63, 3.8) is 0 Å². The van der Waals surface area contributed by atoms with E-state index in [1.807, 2.05) is 6.08 Å². The Morgan fingerprint density at radius 3 is 1.87 bits per heavy atom. The standard InChI is InChI=1S/C43H76NO10P/c1-3-5-7-8-9-10-11-12-13-14-15-16-17-20-23-27-35-51-37-40(38-53-55(49,50)52-36-34-44)54-43(48)33-28-32-42(47)41(46)31-26-22-19-18-21-25-30-39(45)29-24-6-4-2/h12-13,18-19,21-22,25-27,30-31,35,39-42,45-47H,3-11,14-17,20,23-24,28-29,32-34,36-38,44H2,1-2H3,(H,49,50)/b13-12-,21-18-,22-19+,30-25+,31-26+,35-27+/t39-,40+,41-,42-/m0/s1. The Hall–Kier alpha value is -2.34. The molecule has 0 rings (SSSR count). The van der Waals surface area contributed by atoms with Gasteiger partial charge in [-0.1, -0.05) is 139 Å². The monoisotopic (exact) mass is 798 g/mol. The molecule has 0 saturated heterocycles. The highest BCUT2D eigenvalue weighted by atomic mass is 31.2. The summed E-state index contributed by atoms with van der Waals surface area (Å²) in [6.07, 6.45) is 38.0. The molecule has 11 nitrogen and oxygen atoms in total. The molecular weight excluding hydrogens is 721 g/mol. The Balaban J connectivity index is 4.50. The summed E-state index contributed by atoms with van der Waals surface area (Å²) in [6.45, 7) is 3.69. The van der Waals surface area contributed by atoms with Gasteiger partial charge in [0.2, 0.25) is 0 Å². The quantitative estimate of drug-likeness (QED) is 0.0100. The Labute approximate surface area is 333 Å². The van der Waals surface area contributed by atoms with Crippen LogP contribution in [0, 0.1) is 0 Å². The van der Waals surface area contributed by atoms with Crippen LogP contribution < -0.4 is 5.73 Å². The van der Waals surface area contributed by atoms with Gasteiger partial charge < -0.3 is 35.4 Å². The summed E-state index contributed by atoms with van der Waals surface area (Å²) >= 11 is 0. The molecule has 1 unspecified atom stereocenters. The lowest BCUT2D eigenvalue weighted by atomic mass is 10.1. The zero-order valence-corrected chi connectivity index (χ0v) is 34.9. The first-order valence-corrected chi connectivity index (χ1v) is 22.3. The number of ether oxygens (including phenoxy) is 2. The maximum absolute atomic E-state index is 12.6. The first kappa shape index (κ1) is 52.7. The minimum atomic E-state index is -4.39. The number of hydrogen-bond donors (Lipinski definition) is 5. The van der Waals surface area contributed by atoms with Crippen molar-refractivity contribution in [2.24, 2.45) is 5.73 Å². The van der Waals surface area contributed by atoms with Gasteiger partial charge in [-0.25, -0.2) is 4.57 Å². The normalized spacial score (nSPS) is 15.9. The van der Waals surface area contributed by atoms with Crippen molar-refractivity contribution in [2.45, 2.75) is 167 Å². The third-order valence-corrected chi connectivity index (χ3v) is 9.51. The van der Waals surface area contributed by atoms with E-state index in [4.69, 9.17) is 24.3 Å². The van der Waals surface area contributed by atoms with Crippen molar-refractivity contribution in [3.8, 4) is 0 Å². The zero-order valence-electron chi connectivity index (χ0n) is 34.0. The van der Waals surface area contributed by atoms with E-state index in [-0.39, 0.29) is 39.0 Å². The third-order valence-electron chi connectivity index (χ3n) is 8.53. The molecule has 0 aliphatic carbocycles. The molecule has 0 saturated carbocycles. The number of nitrogens with two attached hydrogens (primary N) is 1. The highest BCUT2D eigenvalue weighted by Gasteiger charge is 2.25. The van der Waals surface area contributed by atoms with Crippen LogP contribution in [0.2, 0.25) is 0 Å². The number of aliphatic hydroxyl groups excluding tert-OH is 3. The lowest BCUT2D eigenvalue weighted by molar-refractivity contribution is -0.153. The lowest BCUT2D eigenvalue weighted by Crippen LogP contribution is -2.28. The molecule has 0 aliphatic rings. The molecule has 0 aliphatic heterocycles. The molecule has 6 N–H and O–H groups in total. The first-order valence-electron chi connectivity index (χ1n) is 20.8. The maximum Gasteiger partial charge on any atom is 0.472 e. The summed E-state index contributed by atoms with van der Waals surface area (Å²) in [5.41, 5.74) is 5.33. The number of carbonyl (C=O) groups is 1. The third kappa shape index (κ3) is 37.0. The van der Waals surface area contributed by atoms with Crippen molar-refractivity contribution in [2.75, 3.05) is 26.4 Å². The van der Waals surface area contributed by atoms with Gasteiger partial charge in [-0.3, -0.25) is 13.8 Å². The van der Waals surface area contributed by atoms with Gasteiger partial charge in [0.15, 0.2) is 6.10 Å². The van der Waals surface area contributed by atoms with Crippen LogP contribution in [0.15, 0.2) is 73.1 Å². The number of rotatable bonds is 38. The molecule has 0 aromatic heterocycles. The fourth-order valence-corrected chi connectivity index (χ4v) is 6.05. The molecular formula is C43H76NO10P. The molecule has 12 heteroatoms. The Bertz CT molecular complexity index is 1120. The second kappa shape index (κ2) is 38.5. The summed E-state index contributed by atoms with van der Waals surface area (Å²) in [7, 11) is -4.39. The lowest BCUT2D eigenvalue weighted by Gasteiger charge is -2.19. The molecule has 0 aromatic carbocycles. The van der Waals surface area contributed by atoms with Crippen LogP contribution in [0.25, 0.3) is 0 Å². The average Bonchev–Trinajstić information content (AvgIpc) is 3.16. The molecule has 0 amide bonds. The fraction of sp³-hybridized carbons (Fsp3) is 0.698. The molecule has 55 heavy (non-hydrogen) atoms. The number of unbranched alkanes of at least 4 members (excludes halogenated alkanes) is 13. The number of aliphatic hydroxyl groups is 3. The summed E-state index contributed by atoms with van der Waals surface area (Å²) in [4.78, 5) is 22.4. The van der Waals surface area contributed by atoms with Gasteiger partial charge in [-0.15, -0.1) is 0 Å². The molecule has 5 atom stereocenters. The van der Waals surface area contributed by atoms with Crippen LogP contribution in [-0.4, -0.2) is 77.0 Å². The van der Waals surface area contributed by atoms with Gasteiger partial charge in [0.1, 0.15) is 6.61 Å². The number of phosphoric acid groups is 1. The molecule has 0 fully saturated rings. The first-order chi connectivity index (χ1) is 26.6. The van der Waals surface area contributed by atoms with Crippen LogP contribution in [0.3, 0.4) is 0 Å². The van der Waals surface area contributed by atoms with E-state index in [9.17, 15) is 29.6 Å². The van der Waals surface area contributed by atoms with Crippen molar-refractivity contribution in [1.82, 2.24) is 0 Å². The SMILES string of the molecule is CCCCCCCC/C=C\CCCCCC/C=C/OC[C@H](COP(=O)(O)OCCN)OC(=O)CCC[C@H](O)[C@@H](O)/C=C/C=C/C=C\C=C\[C@@H](O)CCCCC. The maximum atomic E-state index is 12.6. The van der Waals surface area contributed by atoms with E-state index >= 15 is 0 Å². The Morgan fingerprint density at radius 1 is 0.673 bits per heavy atom. The van der Waals surface area contributed by atoms with Crippen LogP contribution >= 0.6 is 7.82 Å². The molecule has 318 valence electrons.